The molecular weight excluding hydrogens is 262 g/mol. The second-order valence-corrected chi connectivity index (χ2v) is 5.14. The molecule has 1 aromatic carbocycles. The second-order valence-electron chi connectivity index (χ2n) is 5.14. The summed E-state index contributed by atoms with van der Waals surface area (Å²) in [6, 6.07) is 13.7. The third-order valence-corrected chi connectivity index (χ3v) is 3.38. The highest BCUT2D eigenvalue weighted by Gasteiger charge is 2.14. The van der Waals surface area contributed by atoms with Gasteiger partial charge in [0.1, 0.15) is 0 Å². The Balaban J connectivity index is 1.82. The van der Waals surface area contributed by atoms with Crippen LogP contribution < -0.4 is 10.2 Å². The molecule has 2 rings (SSSR count). The van der Waals surface area contributed by atoms with Gasteiger partial charge < -0.3 is 10.2 Å². The number of aromatic nitrogens is 1. The molecule has 21 heavy (non-hydrogen) atoms. The summed E-state index contributed by atoms with van der Waals surface area (Å²) in [6.45, 7) is 2.74. The van der Waals surface area contributed by atoms with Crippen LogP contribution in [-0.2, 0) is 11.3 Å². The van der Waals surface area contributed by atoms with Crippen LogP contribution in [0.2, 0.25) is 0 Å². The number of amides is 1. The summed E-state index contributed by atoms with van der Waals surface area (Å²) in [5, 5.41) is 3.35. The minimum absolute atomic E-state index is 0.104. The van der Waals surface area contributed by atoms with E-state index in [9.17, 15) is 4.79 Å². The first-order valence-corrected chi connectivity index (χ1v) is 7.10. The summed E-state index contributed by atoms with van der Waals surface area (Å²) < 4.78 is 0. The Hall–Kier alpha value is -2.20. The van der Waals surface area contributed by atoms with Crippen molar-refractivity contribution in [2.45, 2.75) is 25.9 Å². The molecule has 1 atom stereocenters. The highest BCUT2D eigenvalue weighted by atomic mass is 16.2. The van der Waals surface area contributed by atoms with Crippen LogP contribution in [0.25, 0.3) is 0 Å². The molecule has 1 amide bonds. The fourth-order valence-electron chi connectivity index (χ4n) is 2.06. The fourth-order valence-corrected chi connectivity index (χ4v) is 2.06. The van der Waals surface area contributed by atoms with Crippen molar-refractivity contribution in [1.82, 2.24) is 10.3 Å². The van der Waals surface area contributed by atoms with Crippen molar-refractivity contribution in [3.05, 3.63) is 60.4 Å². The largest absolute Gasteiger partial charge is 0.315 e. The van der Waals surface area contributed by atoms with Crippen LogP contribution in [-0.4, -0.2) is 24.0 Å². The summed E-state index contributed by atoms with van der Waals surface area (Å²) in [5.41, 5.74) is 2.04. The van der Waals surface area contributed by atoms with Crippen molar-refractivity contribution in [3.8, 4) is 0 Å². The predicted octanol–water partition coefficient (Wildman–Crippen LogP) is 2.61. The van der Waals surface area contributed by atoms with Crippen molar-refractivity contribution in [2.75, 3.05) is 11.9 Å². The zero-order valence-electron chi connectivity index (χ0n) is 12.5. The van der Waals surface area contributed by atoms with E-state index < -0.39 is 0 Å². The monoisotopic (exact) mass is 283 g/mol. The first kappa shape index (κ1) is 15.2. The lowest BCUT2D eigenvalue weighted by atomic mass is 10.2. The van der Waals surface area contributed by atoms with Gasteiger partial charge in [-0.05, 0) is 30.7 Å². The third kappa shape index (κ3) is 4.68. The minimum atomic E-state index is 0.104. The Bertz CT molecular complexity index is 557. The Labute approximate surface area is 125 Å². The number of hydrogen-bond donors (Lipinski definition) is 1. The molecule has 0 fully saturated rings. The van der Waals surface area contributed by atoms with E-state index >= 15 is 0 Å². The first-order valence-electron chi connectivity index (χ1n) is 7.10. The van der Waals surface area contributed by atoms with E-state index in [1.165, 1.54) is 0 Å². The summed E-state index contributed by atoms with van der Waals surface area (Å²) in [7, 11) is 1.81. The van der Waals surface area contributed by atoms with Crippen molar-refractivity contribution in [3.63, 3.8) is 0 Å². The molecule has 110 valence electrons. The van der Waals surface area contributed by atoms with Crippen LogP contribution in [0.3, 0.4) is 0 Å². The van der Waals surface area contributed by atoms with Gasteiger partial charge in [0.15, 0.2) is 0 Å². The van der Waals surface area contributed by atoms with Gasteiger partial charge in [-0.1, -0.05) is 24.3 Å². The van der Waals surface area contributed by atoms with Gasteiger partial charge in [0.25, 0.3) is 0 Å². The summed E-state index contributed by atoms with van der Waals surface area (Å²) >= 11 is 0. The van der Waals surface area contributed by atoms with Gasteiger partial charge in [0.2, 0.25) is 5.91 Å². The van der Waals surface area contributed by atoms with Gasteiger partial charge in [-0.25, -0.2) is 0 Å². The molecule has 0 spiro atoms. The SMILES string of the molecule is C[C@H](CC(=O)N(C)c1ccccc1)NCc1cccnc1. The van der Waals surface area contributed by atoms with Crippen molar-refractivity contribution >= 4 is 11.6 Å². The van der Waals surface area contributed by atoms with Crippen molar-refractivity contribution < 1.29 is 4.79 Å². The average Bonchev–Trinajstić information content (AvgIpc) is 2.54. The van der Waals surface area contributed by atoms with Gasteiger partial charge in [0.05, 0.1) is 0 Å². The number of hydrogen-bond acceptors (Lipinski definition) is 3. The number of pyridine rings is 1. The molecule has 0 unspecified atom stereocenters. The smallest absolute Gasteiger partial charge is 0.228 e. The Kier molecular flexibility index (Phi) is 5.46. The van der Waals surface area contributed by atoms with Crippen LogP contribution in [0, 0.1) is 0 Å². The topological polar surface area (TPSA) is 45.2 Å². The van der Waals surface area contributed by atoms with E-state index in [4.69, 9.17) is 0 Å². The van der Waals surface area contributed by atoms with Gasteiger partial charge >= 0.3 is 0 Å². The van der Waals surface area contributed by atoms with Crippen molar-refractivity contribution in [1.29, 1.82) is 0 Å². The number of benzene rings is 1. The first-order chi connectivity index (χ1) is 10.2. The van der Waals surface area contributed by atoms with Gasteiger partial charge in [-0.2, -0.15) is 0 Å². The standard InChI is InChI=1S/C17H21N3O/c1-14(19-13-15-7-6-10-18-12-15)11-17(21)20(2)16-8-4-3-5-9-16/h3-10,12,14,19H,11,13H2,1-2H3/t14-/m1/s1. The molecule has 0 aliphatic heterocycles. The fraction of sp³-hybridized carbons (Fsp3) is 0.294. The molecule has 0 radical (unpaired) electrons. The lowest BCUT2D eigenvalue weighted by Crippen LogP contribution is -2.34. The van der Waals surface area contributed by atoms with Crippen LogP contribution in [0.15, 0.2) is 54.9 Å². The second kappa shape index (κ2) is 7.55. The number of nitrogens with zero attached hydrogens (tertiary/aromatic N) is 2. The van der Waals surface area contributed by atoms with E-state index in [-0.39, 0.29) is 11.9 Å². The Morgan fingerprint density at radius 2 is 2.00 bits per heavy atom. The molecule has 1 aromatic heterocycles. The zero-order chi connectivity index (χ0) is 15.1. The quantitative estimate of drug-likeness (QED) is 0.886. The molecule has 0 aliphatic rings. The number of rotatable bonds is 6. The lowest BCUT2D eigenvalue weighted by molar-refractivity contribution is -0.118. The van der Waals surface area contributed by atoms with Crippen LogP contribution in [0.1, 0.15) is 18.9 Å². The van der Waals surface area contributed by atoms with E-state index in [1.54, 1.807) is 11.1 Å². The highest BCUT2D eigenvalue weighted by molar-refractivity contribution is 5.93. The van der Waals surface area contributed by atoms with Gasteiger partial charge in [-0.3, -0.25) is 9.78 Å². The molecule has 0 aliphatic carbocycles. The molecule has 1 N–H and O–H groups in total. The summed E-state index contributed by atoms with van der Waals surface area (Å²) in [6.07, 6.45) is 4.05. The molecule has 1 heterocycles. The van der Waals surface area contributed by atoms with E-state index in [0.29, 0.717) is 6.42 Å². The number of anilines is 1. The van der Waals surface area contributed by atoms with E-state index in [2.05, 4.69) is 10.3 Å². The molecule has 2 aromatic rings. The molecular formula is C17H21N3O. The maximum absolute atomic E-state index is 12.2. The number of para-hydroxylation sites is 1. The van der Waals surface area contributed by atoms with Gasteiger partial charge in [0, 0.05) is 44.1 Å². The highest BCUT2D eigenvalue weighted by Crippen LogP contribution is 2.12. The predicted molar refractivity (Wildman–Crippen MR) is 85.0 cm³/mol. The lowest BCUT2D eigenvalue weighted by Gasteiger charge is -2.20. The molecule has 4 nitrogen and oxygen atoms in total. The average molecular weight is 283 g/mol. The maximum atomic E-state index is 12.2. The minimum Gasteiger partial charge on any atom is -0.315 e. The summed E-state index contributed by atoms with van der Waals surface area (Å²) in [5.74, 6) is 0.104. The molecule has 0 bridgehead atoms. The van der Waals surface area contributed by atoms with Crippen LogP contribution >= 0.6 is 0 Å². The summed E-state index contributed by atoms with van der Waals surface area (Å²) in [4.78, 5) is 18.0. The molecule has 0 saturated heterocycles. The van der Waals surface area contributed by atoms with E-state index in [0.717, 1.165) is 17.8 Å². The number of carbonyl (C=O) groups is 1. The maximum Gasteiger partial charge on any atom is 0.228 e. The number of nitrogens with one attached hydrogen (secondary N) is 1. The van der Waals surface area contributed by atoms with Crippen molar-refractivity contribution in [2.24, 2.45) is 0 Å². The third-order valence-electron chi connectivity index (χ3n) is 3.38. The van der Waals surface area contributed by atoms with Gasteiger partial charge in [-0.15, -0.1) is 0 Å². The van der Waals surface area contributed by atoms with E-state index in [1.807, 2.05) is 62.6 Å². The Morgan fingerprint density at radius 1 is 1.24 bits per heavy atom. The van der Waals surface area contributed by atoms with Crippen LogP contribution in [0.4, 0.5) is 5.69 Å². The zero-order valence-corrected chi connectivity index (χ0v) is 12.5. The Morgan fingerprint density at radius 3 is 2.67 bits per heavy atom. The molecule has 0 saturated carbocycles. The van der Waals surface area contributed by atoms with Crippen LogP contribution in [0.5, 0.6) is 0 Å². The number of carbonyl (C=O) groups excluding carboxylic acids is 1. The normalized spacial score (nSPS) is 11.9. The molecule has 4 heteroatoms.